The number of sulfonamides is 1. The van der Waals surface area contributed by atoms with Crippen molar-refractivity contribution in [3.8, 4) is 0 Å². The van der Waals surface area contributed by atoms with Gasteiger partial charge < -0.3 is 4.90 Å². The van der Waals surface area contributed by atoms with Crippen LogP contribution in [0.4, 0.5) is 11.5 Å². The maximum atomic E-state index is 12.5. The minimum absolute atomic E-state index is 0.211. The summed E-state index contributed by atoms with van der Waals surface area (Å²) < 4.78 is 27.7. The quantitative estimate of drug-likeness (QED) is 0.771. The first kappa shape index (κ1) is 20.4. The topological polar surface area (TPSA) is 65.5 Å². The maximum absolute atomic E-state index is 12.5. The minimum Gasteiger partial charge on any atom is -0.354 e. The first-order valence-corrected chi connectivity index (χ1v) is 11.1. The molecule has 1 aliphatic heterocycles. The highest BCUT2D eigenvalue weighted by molar-refractivity contribution is 7.92. The zero-order valence-electron chi connectivity index (χ0n) is 16.5. The molecule has 0 spiro atoms. The van der Waals surface area contributed by atoms with Gasteiger partial charge in [0.1, 0.15) is 5.82 Å². The van der Waals surface area contributed by atoms with Gasteiger partial charge in [-0.3, -0.25) is 9.62 Å². The number of piperazine rings is 1. The maximum Gasteiger partial charge on any atom is 0.261 e. The van der Waals surface area contributed by atoms with Crippen LogP contribution >= 0.6 is 0 Å². The monoisotopic (exact) mass is 400 g/mol. The standard InChI is InChI=1S/C21H28N4O2S/c1-4-12-24-13-14-25(16-17(24)3)21-11-8-19(15-22-21)23-28(26,27)20-9-6-18(5-2)7-10-20/h5-11,15,17,23H,2,4,12-14,16H2,1,3H3. The van der Waals surface area contributed by atoms with Crippen LogP contribution < -0.4 is 9.62 Å². The minimum atomic E-state index is -3.64. The van der Waals surface area contributed by atoms with Crippen molar-refractivity contribution in [2.75, 3.05) is 35.8 Å². The van der Waals surface area contributed by atoms with E-state index in [2.05, 4.69) is 39.9 Å². The third-order valence-electron chi connectivity index (χ3n) is 5.03. The number of nitrogens with one attached hydrogen (secondary N) is 1. The van der Waals surface area contributed by atoms with Crippen LogP contribution in [0.2, 0.25) is 0 Å². The van der Waals surface area contributed by atoms with E-state index in [1.807, 2.05) is 6.07 Å². The van der Waals surface area contributed by atoms with Crippen LogP contribution in [-0.2, 0) is 10.0 Å². The van der Waals surface area contributed by atoms with Gasteiger partial charge in [-0.2, -0.15) is 0 Å². The van der Waals surface area contributed by atoms with Gasteiger partial charge in [0, 0.05) is 25.7 Å². The Labute approximate surface area is 167 Å². The molecule has 3 rings (SSSR count). The van der Waals surface area contributed by atoms with E-state index in [0.717, 1.165) is 44.0 Å². The predicted octanol–water partition coefficient (Wildman–Crippen LogP) is 3.45. The molecule has 2 aromatic rings. The van der Waals surface area contributed by atoms with Gasteiger partial charge in [0.05, 0.1) is 16.8 Å². The number of anilines is 2. The zero-order chi connectivity index (χ0) is 20.1. The average molecular weight is 401 g/mol. The summed E-state index contributed by atoms with van der Waals surface area (Å²) in [5, 5.41) is 0. The summed E-state index contributed by atoms with van der Waals surface area (Å²) in [6, 6.07) is 10.7. The molecule has 1 atom stereocenters. The summed E-state index contributed by atoms with van der Waals surface area (Å²) in [4.78, 5) is 9.44. The van der Waals surface area contributed by atoms with Crippen molar-refractivity contribution >= 4 is 27.6 Å². The molecule has 1 aromatic heterocycles. The molecular formula is C21H28N4O2S. The Kier molecular flexibility index (Phi) is 6.36. The van der Waals surface area contributed by atoms with Gasteiger partial charge in [-0.25, -0.2) is 13.4 Å². The fraction of sp³-hybridized carbons (Fsp3) is 0.381. The van der Waals surface area contributed by atoms with Gasteiger partial charge in [0.2, 0.25) is 0 Å². The van der Waals surface area contributed by atoms with Crippen molar-refractivity contribution in [3.63, 3.8) is 0 Å². The molecule has 1 aromatic carbocycles. The summed E-state index contributed by atoms with van der Waals surface area (Å²) in [6.07, 6.45) is 4.41. The Morgan fingerprint density at radius 3 is 2.54 bits per heavy atom. The second-order valence-corrected chi connectivity index (χ2v) is 8.80. The Morgan fingerprint density at radius 1 is 1.21 bits per heavy atom. The normalized spacial score (nSPS) is 18.1. The molecule has 1 fully saturated rings. The lowest BCUT2D eigenvalue weighted by Gasteiger charge is -2.40. The second-order valence-electron chi connectivity index (χ2n) is 7.11. The van der Waals surface area contributed by atoms with Gasteiger partial charge in [0.25, 0.3) is 10.0 Å². The first-order chi connectivity index (χ1) is 13.4. The van der Waals surface area contributed by atoms with Crippen LogP contribution in [0.1, 0.15) is 25.8 Å². The Hall–Kier alpha value is -2.38. The van der Waals surface area contributed by atoms with Crippen molar-refractivity contribution in [2.45, 2.75) is 31.2 Å². The Balaban J connectivity index is 1.66. The van der Waals surface area contributed by atoms with Crippen LogP contribution in [0.5, 0.6) is 0 Å². The van der Waals surface area contributed by atoms with E-state index in [0.29, 0.717) is 11.7 Å². The third-order valence-corrected chi connectivity index (χ3v) is 6.42. The lowest BCUT2D eigenvalue weighted by Crippen LogP contribution is -2.52. The fourth-order valence-electron chi connectivity index (χ4n) is 3.45. The van der Waals surface area contributed by atoms with Gasteiger partial charge in [-0.1, -0.05) is 31.7 Å². The summed E-state index contributed by atoms with van der Waals surface area (Å²) >= 11 is 0. The molecule has 0 radical (unpaired) electrons. The van der Waals surface area contributed by atoms with Crippen molar-refractivity contribution in [1.29, 1.82) is 0 Å². The fourth-order valence-corrected chi connectivity index (χ4v) is 4.50. The van der Waals surface area contributed by atoms with Crippen LogP contribution in [0, 0.1) is 0 Å². The molecule has 0 amide bonds. The zero-order valence-corrected chi connectivity index (χ0v) is 17.3. The van der Waals surface area contributed by atoms with E-state index in [1.54, 1.807) is 42.6 Å². The van der Waals surface area contributed by atoms with Crippen LogP contribution in [0.3, 0.4) is 0 Å². The molecule has 2 heterocycles. The predicted molar refractivity (Wildman–Crippen MR) is 115 cm³/mol. The highest BCUT2D eigenvalue weighted by Gasteiger charge is 2.23. The lowest BCUT2D eigenvalue weighted by atomic mass is 10.2. The van der Waals surface area contributed by atoms with Crippen LogP contribution in [0.15, 0.2) is 54.1 Å². The number of hydrogen-bond acceptors (Lipinski definition) is 5. The molecule has 1 N–H and O–H groups in total. The van der Waals surface area contributed by atoms with Crippen molar-refractivity contribution < 1.29 is 8.42 Å². The molecular weight excluding hydrogens is 372 g/mol. The van der Waals surface area contributed by atoms with Crippen molar-refractivity contribution in [1.82, 2.24) is 9.88 Å². The third kappa shape index (κ3) is 4.72. The van der Waals surface area contributed by atoms with E-state index >= 15 is 0 Å². The molecule has 150 valence electrons. The Morgan fingerprint density at radius 2 is 1.96 bits per heavy atom. The number of nitrogens with zero attached hydrogens (tertiary/aromatic N) is 3. The molecule has 0 saturated carbocycles. The molecule has 28 heavy (non-hydrogen) atoms. The van der Waals surface area contributed by atoms with Gasteiger partial charge in [-0.15, -0.1) is 0 Å². The average Bonchev–Trinajstić information content (AvgIpc) is 2.70. The molecule has 1 saturated heterocycles. The van der Waals surface area contributed by atoms with Gasteiger partial charge in [0.15, 0.2) is 0 Å². The van der Waals surface area contributed by atoms with E-state index < -0.39 is 10.0 Å². The number of rotatable bonds is 7. The smallest absolute Gasteiger partial charge is 0.261 e. The van der Waals surface area contributed by atoms with E-state index in [-0.39, 0.29) is 4.90 Å². The second kappa shape index (κ2) is 8.75. The molecule has 1 aliphatic rings. The van der Waals surface area contributed by atoms with Gasteiger partial charge >= 0.3 is 0 Å². The van der Waals surface area contributed by atoms with Crippen molar-refractivity contribution in [3.05, 3.63) is 54.7 Å². The molecule has 0 aliphatic carbocycles. The highest BCUT2D eigenvalue weighted by Crippen LogP contribution is 2.21. The molecule has 0 bridgehead atoms. The van der Waals surface area contributed by atoms with Crippen molar-refractivity contribution in [2.24, 2.45) is 0 Å². The molecule has 1 unspecified atom stereocenters. The number of hydrogen-bond donors (Lipinski definition) is 1. The van der Waals surface area contributed by atoms with Crippen LogP contribution in [-0.4, -0.2) is 50.5 Å². The molecule has 6 nitrogen and oxygen atoms in total. The summed E-state index contributed by atoms with van der Waals surface area (Å²) in [6.45, 7) is 12.1. The summed E-state index contributed by atoms with van der Waals surface area (Å²) in [7, 11) is -3.64. The van der Waals surface area contributed by atoms with E-state index in [1.165, 1.54) is 0 Å². The summed E-state index contributed by atoms with van der Waals surface area (Å²) in [5.74, 6) is 0.876. The summed E-state index contributed by atoms with van der Waals surface area (Å²) in [5.41, 5.74) is 1.33. The molecule has 7 heteroatoms. The number of aromatic nitrogens is 1. The van der Waals surface area contributed by atoms with Crippen LogP contribution in [0.25, 0.3) is 6.08 Å². The van der Waals surface area contributed by atoms with E-state index in [4.69, 9.17) is 0 Å². The SMILES string of the molecule is C=Cc1ccc(S(=O)(=O)Nc2ccc(N3CCN(CCC)C(C)C3)nc2)cc1. The van der Waals surface area contributed by atoms with E-state index in [9.17, 15) is 8.42 Å². The number of benzene rings is 1. The lowest BCUT2D eigenvalue weighted by molar-refractivity contribution is 0.189. The largest absolute Gasteiger partial charge is 0.354 e. The first-order valence-electron chi connectivity index (χ1n) is 9.63. The number of pyridine rings is 1. The highest BCUT2D eigenvalue weighted by atomic mass is 32.2. The van der Waals surface area contributed by atoms with Gasteiger partial charge in [-0.05, 0) is 49.7 Å². The Bertz CT molecular complexity index is 895.